The molecule has 1 aromatic heterocycles. The minimum Gasteiger partial charge on any atom is -0.334 e. The Balaban J connectivity index is 1.86. The summed E-state index contributed by atoms with van der Waals surface area (Å²) in [4.78, 5) is 14.3. The van der Waals surface area contributed by atoms with Crippen LogP contribution < -0.4 is 5.73 Å². The van der Waals surface area contributed by atoms with Gasteiger partial charge in [0.15, 0.2) is 17.3 Å². The second kappa shape index (κ2) is 6.08. The Kier molecular flexibility index (Phi) is 4.12. The lowest BCUT2D eigenvalue weighted by Crippen LogP contribution is -2.34. The highest BCUT2D eigenvalue weighted by atomic mass is 19.1. The van der Waals surface area contributed by atoms with Crippen LogP contribution in [0.1, 0.15) is 23.8 Å². The molecule has 5 nitrogen and oxygen atoms in total. The van der Waals surface area contributed by atoms with Gasteiger partial charge in [-0.05, 0) is 44.0 Å². The van der Waals surface area contributed by atoms with Crippen molar-refractivity contribution in [2.24, 2.45) is 11.7 Å². The van der Waals surface area contributed by atoms with Crippen molar-refractivity contribution < 1.29 is 13.6 Å². The van der Waals surface area contributed by atoms with E-state index in [-0.39, 0.29) is 29.2 Å². The van der Waals surface area contributed by atoms with Crippen molar-refractivity contribution in [1.29, 1.82) is 0 Å². The van der Waals surface area contributed by atoms with E-state index in [1.165, 1.54) is 18.3 Å². The van der Waals surface area contributed by atoms with Crippen LogP contribution >= 0.6 is 0 Å². The number of likely N-dealkylation sites (tertiary alicyclic amines) is 1. The Hall–Kier alpha value is -2.28. The molecule has 1 fully saturated rings. The predicted octanol–water partition coefficient (Wildman–Crippen LogP) is 1.96. The molecule has 23 heavy (non-hydrogen) atoms. The summed E-state index contributed by atoms with van der Waals surface area (Å²) in [5.41, 5.74) is 5.54. The maximum absolute atomic E-state index is 13.8. The molecule has 0 bridgehead atoms. The number of para-hydroxylation sites is 1. The summed E-state index contributed by atoms with van der Waals surface area (Å²) < 4.78 is 28.6. The number of amides is 1. The highest BCUT2D eigenvalue weighted by Crippen LogP contribution is 2.24. The molecule has 1 aliphatic rings. The average Bonchev–Trinajstić information content (AvgIpc) is 3.13. The molecule has 0 radical (unpaired) electrons. The van der Waals surface area contributed by atoms with Gasteiger partial charge in [-0.2, -0.15) is 5.10 Å². The molecule has 1 amide bonds. The molecule has 2 atom stereocenters. The van der Waals surface area contributed by atoms with Crippen molar-refractivity contribution in [1.82, 2.24) is 14.7 Å². The number of carbonyl (C=O) groups excluding carboxylic acids is 1. The minimum absolute atomic E-state index is 0.0754. The molecule has 1 saturated heterocycles. The van der Waals surface area contributed by atoms with E-state index in [1.54, 1.807) is 4.90 Å². The van der Waals surface area contributed by atoms with Gasteiger partial charge >= 0.3 is 0 Å². The fourth-order valence-corrected chi connectivity index (χ4v) is 3.01. The van der Waals surface area contributed by atoms with Crippen molar-refractivity contribution >= 4 is 5.91 Å². The van der Waals surface area contributed by atoms with E-state index in [0.717, 1.165) is 23.2 Å². The van der Waals surface area contributed by atoms with Gasteiger partial charge in [0.25, 0.3) is 5.91 Å². The van der Waals surface area contributed by atoms with E-state index >= 15 is 0 Å². The van der Waals surface area contributed by atoms with Crippen molar-refractivity contribution in [3.05, 3.63) is 47.8 Å². The fourth-order valence-electron chi connectivity index (χ4n) is 3.01. The second-order valence-corrected chi connectivity index (χ2v) is 5.86. The van der Waals surface area contributed by atoms with Crippen molar-refractivity contribution in [3.8, 4) is 5.69 Å². The molecule has 0 aliphatic carbocycles. The van der Waals surface area contributed by atoms with Gasteiger partial charge < -0.3 is 10.6 Å². The van der Waals surface area contributed by atoms with Crippen LogP contribution in [-0.2, 0) is 0 Å². The molecule has 0 saturated carbocycles. The Morgan fingerprint density at radius 1 is 1.35 bits per heavy atom. The molecule has 7 heteroatoms. The smallest absolute Gasteiger partial charge is 0.274 e. The average molecular weight is 320 g/mol. The lowest BCUT2D eigenvalue weighted by atomic mass is 10.1. The van der Waals surface area contributed by atoms with Crippen LogP contribution in [0.2, 0.25) is 0 Å². The van der Waals surface area contributed by atoms with Crippen molar-refractivity contribution in [3.63, 3.8) is 0 Å². The zero-order valence-corrected chi connectivity index (χ0v) is 12.7. The van der Waals surface area contributed by atoms with Crippen LogP contribution in [0.3, 0.4) is 0 Å². The topological polar surface area (TPSA) is 64.2 Å². The number of aromatic nitrogens is 2. The molecular weight excluding hydrogens is 302 g/mol. The maximum atomic E-state index is 13.8. The van der Waals surface area contributed by atoms with Crippen LogP contribution in [0.4, 0.5) is 8.78 Å². The Morgan fingerprint density at radius 3 is 2.65 bits per heavy atom. The first-order valence-electron chi connectivity index (χ1n) is 7.52. The molecule has 3 rings (SSSR count). The first-order chi connectivity index (χ1) is 11.0. The van der Waals surface area contributed by atoms with E-state index in [9.17, 15) is 13.6 Å². The normalized spacial score (nSPS) is 21.0. The molecule has 2 unspecified atom stereocenters. The van der Waals surface area contributed by atoms with Gasteiger partial charge in [0.05, 0.1) is 0 Å². The molecule has 1 aliphatic heterocycles. The molecule has 0 spiro atoms. The fraction of sp³-hybridized carbons (Fsp3) is 0.375. The summed E-state index contributed by atoms with van der Waals surface area (Å²) >= 11 is 0. The number of nitrogens with zero attached hydrogens (tertiary/aromatic N) is 3. The van der Waals surface area contributed by atoms with Gasteiger partial charge in [0.2, 0.25) is 0 Å². The lowest BCUT2D eigenvalue weighted by molar-refractivity contribution is 0.0737. The molecule has 2 heterocycles. The number of halogens is 2. The van der Waals surface area contributed by atoms with Crippen LogP contribution in [0.5, 0.6) is 0 Å². The number of carbonyl (C=O) groups is 1. The van der Waals surface area contributed by atoms with E-state index in [4.69, 9.17) is 5.73 Å². The Bertz CT molecular complexity index is 710. The third-order valence-electron chi connectivity index (χ3n) is 4.23. The second-order valence-electron chi connectivity index (χ2n) is 5.86. The zero-order chi connectivity index (χ0) is 16.6. The van der Waals surface area contributed by atoms with Gasteiger partial charge in [-0.1, -0.05) is 6.07 Å². The summed E-state index contributed by atoms with van der Waals surface area (Å²) in [6, 6.07) is 5.12. The number of hydrogen-bond donors (Lipinski definition) is 1. The number of rotatable bonds is 3. The highest BCUT2D eigenvalue weighted by molar-refractivity contribution is 5.92. The third kappa shape index (κ3) is 2.84. The Morgan fingerprint density at radius 2 is 2.04 bits per heavy atom. The first-order valence-corrected chi connectivity index (χ1v) is 7.52. The van der Waals surface area contributed by atoms with Gasteiger partial charge in [-0.15, -0.1) is 0 Å². The van der Waals surface area contributed by atoms with Gasteiger partial charge in [-0.3, -0.25) is 4.79 Å². The van der Waals surface area contributed by atoms with E-state index < -0.39 is 11.6 Å². The number of nitrogens with two attached hydrogens (primary N) is 1. The van der Waals surface area contributed by atoms with Gasteiger partial charge in [0.1, 0.15) is 5.69 Å². The standard InChI is InChI=1S/C16H18F2N4O/c1-10-7-11(8-19)9-21(10)16(23)14-5-6-22(20-14)15-12(17)3-2-4-13(15)18/h2-6,10-11H,7-9,19H2,1H3. The monoisotopic (exact) mass is 320 g/mol. The van der Waals surface area contributed by atoms with Crippen LogP contribution in [0.25, 0.3) is 5.69 Å². The van der Waals surface area contributed by atoms with Crippen LogP contribution in [0, 0.1) is 17.6 Å². The number of benzene rings is 1. The summed E-state index contributed by atoms with van der Waals surface area (Å²) in [6.07, 6.45) is 2.24. The van der Waals surface area contributed by atoms with Gasteiger partial charge in [0, 0.05) is 18.8 Å². The third-order valence-corrected chi connectivity index (χ3v) is 4.23. The predicted molar refractivity (Wildman–Crippen MR) is 81.1 cm³/mol. The number of hydrogen-bond acceptors (Lipinski definition) is 3. The van der Waals surface area contributed by atoms with E-state index in [2.05, 4.69) is 5.10 Å². The largest absolute Gasteiger partial charge is 0.334 e. The highest BCUT2D eigenvalue weighted by Gasteiger charge is 2.33. The summed E-state index contributed by atoms with van der Waals surface area (Å²) in [5, 5.41) is 4.05. The Labute approximate surface area is 132 Å². The molecule has 2 aromatic rings. The summed E-state index contributed by atoms with van der Waals surface area (Å²) in [5.74, 6) is -1.43. The molecule has 1 aromatic carbocycles. The quantitative estimate of drug-likeness (QED) is 0.940. The van der Waals surface area contributed by atoms with Crippen LogP contribution in [0.15, 0.2) is 30.5 Å². The zero-order valence-electron chi connectivity index (χ0n) is 12.7. The van der Waals surface area contributed by atoms with Crippen LogP contribution in [-0.4, -0.2) is 39.7 Å². The summed E-state index contributed by atoms with van der Waals surface area (Å²) in [7, 11) is 0. The SMILES string of the molecule is CC1CC(CN)CN1C(=O)c1ccn(-c2c(F)cccc2F)n1. The lowest BCUT2D eigenvalue weighted by Gasteiger charge is -2.20. The van der Waals surface area contributed by atoms with Crippen molar-refractivity contribution in [2.45, 2.75) is 19.4 Å². The van der Waals surface area contributed by atoms with E-state index in [0.29, 0.717) is 13.1 Å². The summed E-state index contributed by atoms with van der Waals surface area (Å²) in [6.45, 7) is 3.07. The van der Waals surface area contributed by atoms with Crippen molar-refractivity contribution in [2.75, 3.05) is 13.1 Å². The first kappa shape index (κ1) is 15.6. The maximum Gasteiger partial charge on any atom is 0.274 e. The van der Waals surface area contributed by atoms with E-state index in [1.807, 2.05) is 6.92 Å². The van der Waals surface area contributed by atoms with Gasteiger partial charge in [-0.25, -0.2) is 13.5 Å². The molecule has 122 valence electrons. The minimum atomic E-state index is -0.732. The molecular formula is C16H18F2N4O. The molecule has 2 N–H and O–H groups in total.